The zero-order valence-electron chi connectivity index (χ0n) is 10.7. The Labute approximate surface area is 126 Å². The van der Waals surface area contributed by atoms with Gasteiger partial charge >= 0.3 is 0 Å². The lowest BCUT2D eigenvalue weighted by atomic mass is 10.2. The van der Waals surface area contributed by atoms with Gasteiger partial charge in [0.05, 0.1) is 12.1 Å². The van der Waals surface area contributed by atoms with Gasteiger partial charge in [0, 0.05) is 16.1 Å². The van der Waals surface area contributed by atoms with Gasteiger partial charge in [-0.05, 0) is 66.3 Å². The van der Waals surface area contributed by atoms with Gasteiger partial charge < -0.3 is 9.47 Å². The van der Waals surface area contributed by atoms with Crippen LogP contribution in [0.1, 0.15) is 13.8 Å². The van der Waals surface area contributed by atoms with Gasteiger partial charge in [-0.3, -0.25) is 4.98 Å². The van der Waals surface area contributed by atoms with Crippen molar-refractivity contribution in [3.63, 3.8) is 0 Å². The molecular weight excluding hydrogens is 326 g/mol. The maximum Gasteiger partial charge on any atom is 0.200 e. The lowest BCUT2D eigenvalue weighted by molar-refractivity contribution is 0.230. The van der Waals surface area contributed by atoms with Crippen molar-refractivity contribution in [2.45, 2.75) is 20.0 Å². The van der Waals surface area contributed by atoms with Gasteiger partial charge in [0.2, 0.25) is 5.05 Å². The van der Waals surface area contributed by atoms with Gasteiger partial charge in [-0.15, -0.1) is 0 Å². The fourth-order valence-electron chi connectivity index (χ4n) is 1.67. The summed E-state index contributed by atoms with van der Waals surface area (Å²) in [6.07, 6.45) is 1.52. The van der Waals surface area contributed by atoms with E-state index in [4.69, 9.17) is 21.7 Å². The average Bonchev–Trinajstić information content (AvgIpc) is 2.38. The summed E-state index contributed by atoms with van der Waals surface area (Å²) in [5.41, 5.74) is 0.926. The smallest absolute Gasteiger partial charge is 0.200 e. The molecule has 1 heterocycles. The van der Waals surface area contributed by atoms with Crippen LogP contribution in [0, 0.1) is 0 Å². The zero-order valence-corrected chi connectivity index (χ0v) is 13.1. The molecule has 100 valence electrons. The molecule has 3 nitrogen and oxygen atoms in total. The number of pyridine rings is 1. The van der Waals surface area contributed by atoms with E-state index in [0.717, 1.165) is 21.1 Å². The third kappa shape index (κ3) is 3.64. The predicted molar refractivity (Wildman–Crippen MR) is 83.8 cm³/mol. The lowest BCUT2D eigenvalue weighted by Crippen LogP contribution is -2.24. The van der Waals surface area contributed by atoms with E-state index in [9.17, 15) is 0 Å². The highest BCUT2D eigenvalue weighted by Crippen LogP contribution is 2.23. The lowest BCUT2D eigenvalue weighted by Gasteiger charge is -2.16. The molecule has 1 aromatic carbocycles. The highest BCUT2D eigenvalue weighted by atomic mass is 79.9. The first kappa shape index (κ1) is 14.2. The molecule has 1 atom stereocenters. The topological polar surface area (TPSA) is 31.4 Å². The van der Waals surface area contributed by atoms with Crippen LogP contribution in [-0.4, -0.2) is 22.7 Å². The van der Waals surface area contributed by atoms with Crippen LogP contribution in [0.15, 0.2) is 34.9 Å². The fraction of sp³-hybridized carbons (Fsp3) is 0.286. The molecular formula is C14H14BrNO2S. The number of hydrogen-bond acceptors (Lipinski definition) is 4. The Morgan fingerprint density at radius 2 is 2.21 bits per heavy atom. The van der Waals surface area contributed by atoms with E-state index in [0.29, 0.717) is 11.7 Å². The number of nitrogens with zero attached hydrogens (tertiary/aromatic N) is 1. The summed E-state index contributed by atoms with van der Waals surface area (Å²) in [4.78, 5) is 4.31. The van der Waals surface area contributed by atoms with Crippen LogP contribution in [0.25, 0.3) is 10.9 Å². The zero-order chi connectivity index (χ0) is 13.8. The summed E-state index contributed by atoms with van der Waals surface area (Å²) in [6, 6.07) is 7.75. The molecule has 0 fully saturated rings. The molecule has 0 saturated heterocycles. The first-order valence-electron chi connectivity index (χ1n) is 5.98. The molecule has 0 saturated carbocycles. The van der Waals surface area contributed by atoms with Gasteiger partial charge in [0.15, 0.2) is 6.10 Å². The van der Waals surface area contributed by atoms with Crippen LogP contribution in [0.3, 0.4) is 0 Å². The highest BCUT2D eigenvalue weighted by Gasteiger charge is 2.11. The normalized spacial score (nSPS) is 12.2. The number of benzene rings is 1. The highest BCUT2D eigenvalue weighted by molar-refractivity contribution is 9.10. The number of thiocarbonyl (C=S) groups is 1. The van der Waals surface area contributed by atoms with Crippen molar-refractivity contribution in [1.82, 2.24) is 4.98 Å². The van der Waals surface area contributed by atoms with E-state index in [1.165, 1.54) is 0 Å². The maximum absolute atomic E-state index is 5.77. The van der Waals surface area contributed by atoms with Crippen molar-refractivity contribution in [2.75, 3.05) is 6.61 Å². The van der Waals surface area contributed by atoms with Crippen LogP contribution in [0.2, 0.25) is 0 Å². The Kier molecular flexibility index (Phi) is 4.71. The Morgan fingerprint density at radius 1 is 1.42 bits per heavy atom. The van der Waals surface area contributed by atoms with Crippen LogP contribution in [-0.2, 0) is 4.74 Å². The van der Waals surface area contributed by atoms with E-state index >= 15 is 0 Å². The minimum absolute atomic E-state index is 0.257. The second-order valence-electron chi connectivity index (χ2n) is 4.02. The van der Waals surface area contributed by atoms with Crippen LogP contribution >= 0.6 is 28.1 Å². The molecule has 19 heavy (non-hydrogen) atoms. The second kappa shape index (κ2) is 6.30. The van der Waals surface area contributed by atoms with Crippen molar-refractivity contribution in [1.29, 1.82) is 0 Å². The molecule has 0 amide bonds. The molecule has 0 bridgehead atoms. The summed E-state index contributed by atoms with van der Waals surface area (Å²) < 4.78 is 12.0. The van der Waals surface area contributed by atoms with Crippen molar-refractivity contribution in [3.8, 4) is 5.75 Å². The summed E-state index contributed by atoms with van der Waals surface area (Å²) in [6.45, 7) is 4.33. The summed E-state index contributed by atoms with van der Waals surface area (Å²) in [7, 11) is 0. The summed E-state index contributed by atoms with van der Waals surface area (Å²) in [5, 5.41) is 1.48. The third-order valence-corrected chi connectivity index (χ3v) is 3.43. The number of ether oxygens (including phenoxy) is 2. The van der Waals surface area contributed by atoms with E-state index in [-0.39, 0.29) is 6.10 Å². The number of hydrogen-bond donors (Lipinski definition) is 0. The van der Waals surface area contributed by atoms with Gasteiger partial charge in [-0.1, -0.05) is 0 Å². The van der Waals surface area contributed by atoms with Crippen molar-refractivity contribution in [2.24, 2.45) is 0 Å². The number of fused-ring (bicyclic) bond motifs is 1. The van der Waals surface area contributed by atoms with Gasteiger partial charge in [0.1, 0.15) is 5.75 Å². The second-order valence-corrected chi connectivity index (χ2v) is 5.34. The number of aromatic nitrogens is 1. The molecule has 0 radical (unpaired) electrons. The molecule has 0 N–H and O–H groups in total. The maximum atomic E-state index is 5.77. The first-order valence-corrected chi connectivity index (χ1v) is 7.19. The molecule has 1 aromatic heterocycles. The quantitative estimate of drug-likeness (QED) is 0.784. The number of halogens is 1. The monoisotopic (exact) mass is 339 g/mol. The van der Waals surface area contributed by atoms with Crippen LogP contribution in [0.5, 0.6) is 5.75 Å². The molecule has 0 aliphatic rings. The summed E-state index contributed by atoms with van der Waals surface area (Å²) in [5.74, 6) is 0.752. The number of rotatable bonds is 4. The van der Waals surface area contributed by atoms with E-state index < -0.39 is 0 Å². The minimum atomic E-state index is -0.257. The van der Waals surface area contributed by atoms with Crippen LogP contribution < -0.4 is 4.74 Å². The Morgan fingerprint density at radius 3 is 2.95 bits per heavy atom. The van der Waals surface area contributed by atoms with Gasteiger partial charge in [0.25, 0.3) is 0 Å². The Bertz CT molecular complexity index is 603. The van der Waals surface area contributed by atoms with Crippen molar-refractivity contribution >= 4 is 44.1 Å². The van der Waals surface area contributed by atoms with E-state index in [2.05, 4.69) is 20.9 Å². The first-order chi connectivity index (χ1) is 9.10. The van der Waals surface area contributed by atoms with E-state index in [1.807, 2.05) is 38.1 Å². The van der Waals surface area contributed by atoms with E-state index in [1.54, 1.807) is 6.20 Å². The predicted octanol–water partition coefficient (Wildman–Crippen LogP) is 4.13. The van der Waals surface area contributed by atoms with Crippen LogP contribution in [0.4, 0.5) is 0 Å². The minimum Gasteiger partial charge on any atom is -0.484 e. The van der Waals surface area contributed by atoms with Crippen molar-refractivity contribution in [3.05, 3.63) is 34.9 Å². The Balaban J connectivity index is 2.19. The van der Waals surface area contributed by atoms with Gasteiger partial charge in [-0.25, -0.2) is 0 Å². The molecule has 0 aliphatic carbocycles. The summed E-state index contributed by atoms with van der Waals surface area (Å²) >= 11 is 8.53. The van der Waals surface area contributed by atoms with Crippen molar-refractivity contribution < 1.29 is 9.47 Å². The molecule has 0 spiro atoms. The molecule has 5 heteroatoms. The average molecular weight is 340 g/mol. The Hall–Kier alpha value is -1.20. The van der Waals surface area contributed by atoms with Gasteiger partial charge in [-0.2, -0.15) is 0 Å². The standard InChI is InChI=1S/C14H14BrNO2S/c1-3-17-14(19)9(2)18-12-4-5-13-10(7-12)6-11(15)8-16-13/h4-9H,3H2,1-2H3. The molecule has 2 rings (SSSR count). The largest absolute Gasteiger partial charge is 0.484 e. The molecule has 1 unspecified atom stereocenters. The molecule has 0 aliphatic heterocycles. The molecule has 2 aromatic rings. The third-order valence-electron chi connectivity index (χ3n) is 2.55. The SMILES string of the molecule is CCOC(=S)C(C)Oc1ccc2ncc(Br)cc2c1. The fourth-order valence-corrected chi connectivity index (χ4v) is 2.18.